The van der Waals surface area contributed by atoms with Crippen LogP contribution in [-0.4, -0.2) is 32.1 Å². The van der Waals surface area contributed by atoms with Crippen molar-refractivity contribution in [2.45, 2.75) is 0 Å². The van der Waals surface area contributed by atoms with E-state index in [0.29, 0.717) is 5.56 Å². The van der Waals surface area contributed by atoms with Gasteiger partial charge >= 0.3 is 0 Å². The Bertz CT molecular complexity index is 369. The van der Waals surface area contributed by atoms with Crippen LogP contribution < -0.4 is 5.32 Å². The summed E-state index contributed by atoms with van der Waals surface area (Å²) in [5.74, 6) is 0. The molecule has 1 aromatic carbocycles. The lowest BCUT2D eigenvalue weighted by molar-refractivity contribution is 0.425. The van der Waals surface area contributed by atoms with Crippen LogP contribution in [0.1, 0.15) is 5.56 Å². The summed E-state index contributed by atoms with van der Waals surface area (Å²) in [5.41, 5.74) is 1.64. The van der Waals surface area contributed by atoms with Crippen LogP contribution in [-0.2, 0) is 0 Å². The number of halogens is 1. The molecule has 15 heavy (non-hydrogen) atoms. The number of anilines is 1. The molecular weight excluding hydrogens is 254 g/mol. The van der Waals surface area contributed by atoms with Gasteiger partial charge in [0.1, 0.15) is 0 Å². The topological polar surface area (TPSA) is 39.1 Å². The van der Waals surface area contributed by atoms with Gasteiger partial charge in [-0.2, -0.15) is 5.26 Å². The first-order chi connectivity index (χ1) is 7.11. The zero-order valence-electron chi connectivity index (χ0n) is 8.92. The molecule has 0 aromatic heterocycles. The third-order valence-electron chi connectivity index (χ3n) is 1.92. The number of nitrogens with one attached hydrogen (secondary N) is 1. The summed E-state index contributed by atoms with van der Waals surface area (Å²) in [5, 5.41) is 12.1. The molecule has 0 aliphatic rings. The summed E-state index contributed by atoms with van der Waals surface area (Å²) in [7, 11) is 4.06. The molecule has 0 heterocycles. The van der Waals surface area contributed by atoms with Crippen LogP contribution in [0.25, 0.3) is 0 Å². The van der Waals surface area contributed by atoms with Gasteiger partial charge in [0.2, 0.25) is 0 Å². The molecule has 1 aromatic rings. The molecule has 4 heteroatoms. The Kier molecular flexibility index (Phi) is 4.60. The number of hydrogen-bond donors (Lipinski definition) is 1. The zero-order chi connectivity index (χ0) is 11.3. The Balaban J connectivity index is 2.61. The molecule has 0 saturated carbocycles. The van der Waals surface area contributed by atoms with E-state index in [2.05, 4.69) is 32.2 Å². The van der Waals surface area contributed by atoms with Crippen molar-refractivity contribution in [1.29, 1.82) is 5.26 Å². The highest BCUT2D eigenvalue weighted by atomic mass is 79.9. The number of hydrogen-bond acceptors (Lipinski definition) is 3. The van der Waals surface area contributed by atoms with Crippen molar-refractivity contribution in [3.05, 3.63) is 28.2 Å². The van der Waals surface area contributed by atoms with Crippen molar-refractivity contribution >= 4 is 21.6 Å². The number of nitrogens with zero attached hydrogens (tertiary/aromatic N) is 2. The van der Waals surface area contributed by atoms with Crippen LogP contribution in [0, 0.1) is 11.3 Å². The molecule has 0 spiro atoms. The quantitative estimate of drug-likeness (QED) is 0.910. The molecule has 80 valence electrons. The number of rotatable bonds is 4. The van der Waals surface area contributed by atoms with Gasteiger partial charge in [-0.15, -0.1) is 0 Å². The second-order valence-electron chi connectivity index (χ2n) is 3.57. The van der Waals surface area contributed by atoms with Crippen LogP contribution in [0.2, 0.25) is 0 Å². The summed E-state index contributed by atoms with van der Waals surface area (Å²) < 4.78 is 0.925. The molecule has 0 radical (unpaired) electrons. The van der Waals surface area contributed by atoms with E-state index in [0.717, 1.165) is 23.2 Å². The highest BCUT2D eigenvalue weighted by Crippen LogP contribution is 2.18. The molecule has 0 aliphatic heterocycles. The van der Waals surface area contributed by atoms with Gasteiger partial charge in [0.25, 0.3) is 0 Å². The molecule has 0 unspecified atom stereocenters. The van der Waals surface area contributed by atoms with Crippen molar-refractivity contribution in [2.75, 3.05) is 32.5 Å². The van der Waals surface area contributed by atoms with Crippen molar-refractivity contribution in [2.24, 2.45) is 0 Å². The average molecular weight is 268 g/mol. The van der Waals surface area contributed by atoms with Gasteiger partial charge in [-0.1, -0.05) is 15.9 Å². The third-order valence-corrected chi connectivity index (χ3v) is 2.37. The Labute approximate surface area is 98.8 Å². The maximum absolute atomic E-state index is 8.79. The van der Waals surface area contributed by atoms with Gasteiger partial charge in [-0.05, 0) is 32.3 Å². The van der Waals surface area contributed by atoms with E-state index in [9.17, 15) is 0 Å². The molecule has 0 amide bonds. The van der Waals surface area contributed by atoms with Gasteiger partial charge in [0.15, 0.2) is 0 Å². The first-order valence-corrected chi connectivity index (χ1v) is 5.50. The van der Waals surface area contributed by atoms with Crippen molar-refractivity contribution in [1.82, 2.24) is 4.90 Å². The minimum atomic E-state index is 0.664. The van der Waals surface area contributed by atoms with Gasteiger partial charge in [0.05, 0.1) is 11.6 Å². The van der Waals surface area contributed by atoms with E-state index < -0.39 is 0 Å². The Hall–Kier alpha value is -1.05. The van der Waals surface area contributed by atoms with Crippen LogP contribution in [0.5, 0.6) is 0 Å². The smallest absolute Gasteiger partial charge is 0.0992 e. The molecule has 0 fully saturated rings. The summed E-state index contributed by atoms with van der Waals surface area (Å²) in [6.45, 7) is 1.84. The molecule has 0 saturated heterocycles. The van der Waals surface area contributed by atoms with Crippen LogP contribution in [0.15, 0.2) is 22.7 Å². The number of nitriles is 1. The molecular formula is C11H14BrN3. The minimum Gasteiger partial charge on any atom is -0.384 e. The predicted molar refractivity (Wildman–Crippen MR) is 65.9 cm³/mol. The Morgan fingerprint density at radius 3 is 2.73 bits per heavy atom. The van der Waals surface area contributed by atoms with E-state index in [1.807, 2.05) is 26.2 Å². The normalized spacial score (nSPS) is 10.1. The highest BCUT2D eigenvalue weighted by molar-refractivity contribution is 9.10. The summed E-state index contributed by atoms with van der Waals surface area (Å²) >= 11 is 3.37. The maximum atomic E-state index is 8.79. The second kappa shape index (κ2) is 5.74. The summed E-state index contributed by atoms with van der Waals surface area (Å²) in [4.78, 5) is 2.11. The molecule has 1 rings (SSSR count). The van der Waals surface area contributed by atoms with E-state index in [-0.39, 0.29) is 0 Å². The second-order valence-corrected chi connectivity index (χ2v) is 4.49. The molecule has 0 atom stereocenters. The van der Waals surface area contributed by atoms with Crippen molar-refractivity contribution in [3.8, 4) is 6.07 Å². The first kappa shape index (κ1) is 12.0. The Morgan fingerprint density at radius 2 is 2.13 bits per heavy atom. The fraction of sp³-hybridized carbons (Fsp3) is 0.364. The highest BCUT2D eigenvalue weighted by Gasteiger charge is 1.98. The number of likely N-dealkylation sites (N-methyl/N-ethyl adjacent to an activating group) is 1. The number of benzene rings is 1. The van der Waals surface area contributed by atoms with Crippen molar-refractivity contribution in [3.63, 3.8) is 0 Å². The van der Waals surface area contributed by atoms with Gasteiger partial charge in [0, 0.05) is 23.2 Å². The van der Waals surface area contributed by atoms with Gasteiger partial charge < -0.3 is 10.2 Å². The SMILES string of the molecule is CN(C)CCNc1cc(Br)cc(C#N)c1. The van der Waals surface area contributed by atoms with Crippen LogP contribution >= 0.6 is 15.9 Å². The molecule has 3 nitrogen and oxygen atoms in total. The largest absolute Gasteiger partial charge is 0.384 e. The van der Waals surface area contributed by atoms with E-state index in [4.69, 9.17) is 5.26 Å². The zero-order valence-corrected chi connectivity index (χ0v) is 10.5. The summed E-state index contributed by atoms with van der Waals surface area (Å²) in [6, 6.07) is 7.75. The fourth-order valence-electron chi connectivity index (χ4n) is 1.18. The lowest BCUT2D eigenvalue weighted by atomic mass is 10.2. The van der Waals surface area contributed by atoms with Gasteiger partial charge in [-0.3, -0.25) is 0 Å². The minimum absolute atomic E-state index is 0.664. The van der Waals surface area contributed by atoms with E-state index in [1.54, 1.807) is 6.07 Å². The van der Waals surface area contributed by atoms with Gasteiger partial charge in [-0.25, -0.2) is 0 Å². The summed E-state index contributed by atoms with van der Waals surface area (Å²) in [6.07, 6.45) is 0. The third kappa shape index (κ3) is 4.32. The predicted octanol–water partition coefficient (Wildman–Crippen LogP) is 2.29. The van der Waals surface area contributed by atoms with Crippen LogP contribution in [0.4, 0.5) is 5.69 Å². The Morgan fingerprint density at radius 1 is 1.40 bits per heavy atom. The molecule has 0 bridgehead atoms. The standard InChI is InChI=1S/C11H14BrN3/c1-15(2)4-3-14-11-6-9(8-13)5-10(12)7-11/h5-7,14H,3-4H2,1-2H3. The molecule has 0 aliphatic carbocycles. The van der Waals surface area contributed by atoms with E-state index in [1.165, 1.54) is 0 Å². The molecule has 1 N–H and O–H groups in total. The van der Waals surface area contributed by atoms with E-state index >= 15 is 0 Å². The fourth-order valence-corrected chi connectivity index (χ4v) is 1.67. The maximum Gasteiger partial charge on any atom is 0.0992 e. The lowest BCUT2D eigenvalue weighted by Gasteiger charge is -2.11. The first-order valence-electron chi connectivity index (χ1n) is 4.71. The lowest BCUT2D eigenvalue weighted by Crippen LogP contribution is -2.20. The average Bonchev–Trinajstić information content (AvgIpc) is 2.16. The monoisotopic (exact) mass is 267 g/mol. The van der Waals surface area contributed by atoms with Crippen LogP contribution in [0.3, 0.4) is 0 Å². The van der Waals surface area contributed by atoms with Crippen molar-refractivity contribution < 1.29 is 0 Å².